The Morgan fingerprint density at radius 1 is 1.20 bits per heavy atom. The van der Waals surface area contributed by atoms with Gasteiger partial charge in [0.25, 0.3) is 5.56 Å². The molecule has 0 bridgehead atoms. The fourth-order valence-electron chi connectivity index (χ4n) is 1.60. The molecular weight excluding hydrogens is 196 g/mol. The predicted molar refractivity (Wildman–Crippen MR) is 53.0 cm³/mol. The Balaban J connectivity index is 2.80. The van der Waals surface area contributed by atoms with Gasteiger partial charge in [-0.3, -0.25) is 4.79 Å². The van der Waals surface area contributed by atoms with Crippen LogP contribution in [0.5, 0.6) is 0 Å². The Kier molecular flexibility index (Phi) is 1.37. The second-order valence-electron chi connectivity index (χ2n) is 3.13. The molecule has 15 heavy (non-hydrogen) atoms. The number of rotatable bonds is 0. The van der Waals surface area contributed by atoms with Crippen molar-refractivity contribution in [2.45, 2.75) is 0 Å². The molecule has 0 aliphatic carbocycles. The summed E-state index contributed by atoms with van der Waals surface area (Å²) in [4.78, 5) is 25.6. The zero-order chi connectivity index (χ0) is 10.4. The molecule has 1 aromatic carbocycles. The van der Waals surface area contributed by atoms with Gasteiger partial charge in [0.15, 0.2) is 0 Å². The molecule has 0 saturated carbocycles. The number of nitrogens with one attached hydrogen (secondary N) is 1. The first kappa shape index (κ1) is 7.98. The van der Waals surface area contributed by atoms with Crippen molar-refractivity contribution >= 4 is 11.0 Å². The van der Waals surface area contributed by atoms with Crippen LogP contribution in [0.4, 0.5) is 0 Å². The van der Waals surface area contributed by atoms with Crippen molar-refractivity contribution in [1.82, 2.24) is 19.2 Å². The van der Waals surface area contributed by atoms with E-state index in [0.29, 0.717) is 11.0 Å². The lowest BCUT2D eigenvalue weighted by Gasteiger charge is -2.00. The molecule has 0 aliphatic rings. The quantitative estimate of drug-likeness (QED) is 0.541. The Bertz CT molecular complexity index is 765. The molecular formula is C9H6N4O2. The Morgan fingerprint density at radius 2 is 2.00 bits per heavy atom. The molecule has 0 fully saturated rings. The van der Waals surface area contributed by atoms with Gasteiger partial charge in [-0.1, -0.05) is 12.1 Å². The minimum atomic E-state index is -0.434. The zero-order valence-corrected chi connectivity index (χ0v) is 7.54. The summed E-state index contributed by atoms with van der Waals surface area (Å²) < 4.78 is 2.23. The van der Waals surface area contributed by atoms with Gasteiger partial charge in [0.05, 0.1) is 11.0 Å². The monoisotopic (exact) mass is 202 g/mol. The highest BCUT2D eigenvalue weighted by atomic mass is 16.2. The maximum Gasteiger partial charge on any atom is 0.362 e. The van der Waals surface area contributed by atoms with E-state index in [1.54, 1.807) is 24.3 Å². The van der Waals surface area contributed by atoms with Crippen molar-refractivity contribution in [2.75, 3.05) is 0 Å². The van der Waals surface area contributed by atoms with Gasteiger partial charge in [-0.25, -0.2) is 4.79 Å². The minimum Gasteiger partial charge on any atom is -0.303 e. The van der Waals surface area contributed by atoms with Crippen molar-refractivity contribution in [3.05, 3.63) is 51.3 Å². The molecule has 6 nitrogen and oxygen atoms in total. The largest absolute Gasteiger partial charge is 0.362 e. The first-order valence-electron chi connectivity index (χ1n) is 4.35. The van der Waals surface area contributed by atoms with Gasteiger partial charge in [0, 0.05) is 0 Å². The minimum absolute atomic E-state index is 0.322. The summed E-state index contributed by atoms with van der Waals surface area (Å²) in [6.45, 7) is 0. The molecule has 6 heteroatoms. The number of benzene rings is 1. The number of aromatic amines is 1. The van der Waals surface area contributed by atoms with E-state index in [4.69, 9.17) is 0 Å². The number of hydrogen-bond acceptors (Lipinski definition) is 3. The molecule has 0 amide bonds. The molecule has 0 atom stereocenters. The summed E-state index contributed by atoms with van der Waals surface area (Å²) in [5.41, 5.74) is 0.477. The molecule has 1 N–H and O–H groups in total. The molecule has 2 aromatic heterocycles. The van der Waals surface area contributed by atoms with Crippen LogP contribution in [-0.4, -0.2) is 19.2 Å². The normalized spacial score (nSPS) is 11.2. The molecule has 3 rings (SSSR count). The average Bonchev–Trinajstić information content (AvgIpc) is 2.62. The topological polar surface area (TPSA) is 71.6 Å². The van der Waals surface area contributed by atoms with Crippen LogP contribution in [0.2, 0.25) is 0 Å². The second kappa shape index (κ2) is 2.57. The van der Waals surface area contributed by atoms with E-state index in [2.05, 4.69) is 10.1 Å². The molecule has 0 spiro atoms. The van der Waals surface area contributed by atoms with Gasteiger partial charge in [0.1, 0.15) is 6.20 Å². The number of aromatic nitrogens is 4. The van der Waals surface area contributed by atoms with Crippen molar-refractivity contribution < 1.29 is 0 Å². The number of hydrogen-bond donors (Lipinski definition) is 1. The van der Waals surface area contributed by atoms with E-state index in [-0.39, 0.29) is 5.56 Å². The lowest BCUT2D eigenvalue weighted by Crippen LogP contribution is -2.26. The number of nitrogens with zero attached hydrogens (tertiary/aromatic N) is 3. The van der Waals surface area contributed by atoms with Crippen LogP contribution >= 0.6 is 0 Å². The zero-order valence-electron chi connectivity index (χ0n) is 7.54. The number of fused-ring (bicyclic) bond motifs is 3. The summed E-state index contributed by atoms with van der Waals surface area (Å²) >= 11 is 0. The molecule has 3 aromatic rings. The van der Waals surface area contributed by atoms with Crippen LogP contribution in [0, 0.1) is 0 Å². The van der Waals surface area contributed by atoms with Gasteiger partial charge >= 0.3 is 5.69 Å². The van der Waals surface area contributed by atoms with Gasteiger partial charge in [-0.05, 0) is 12.1 Å². The third-order valence-electron chi connectivity index (χ3n) is 2.23. The molecule has 0 radical (unpaired) electrons. The van der Waals surface area contributed by atoms with E-state index >= 15 is 0 Å². The van der Waals surface area contributed by atoms with E-state index in [9.17, 15) is 9.59 Å². The molecule has 74 valence electrons. The van der Waals surface area contributed by atoms with E-state index in [1.807, 2.05) is 0 Å². The first-order valence-corrected chi connectivity index (χ1v) is 4.35. The van der Waals surface area contributed by atoms with Crippen LogP contribution in [0.3, 0.4) is 0 Å². The SMILES string of the molecule is O=c1[nH]c2ccccc2n2c(=O)cnn12. The summed E-state index contributed by atoms with van der Waals surface area (Å²) in [5, 5.41) is 3.69. The summed E-state index contributed by atoms with van der Waals surface area (Å²) in [6, 6.07) is 7.06. The molecule has 0 unspecified atom stereocenters. The smallest absolute Gasteiger partial charge is 0.303 e. The highest BCUT2D eigenvalue weighted by molar-refractivity contribution is 5.73. The summed E-state index contributed by atoms with van der Waals surface area (Å²) in [7, 11) is 0. The van der Waals surface area contributed by atoms with E-state index in [1.165, 1.54) is 4.52 Å². The average molecular weight is 202 g/mol. The Morgan fingerprint density at radius 3 is 2.87 bits per heavy atom. The summed E-state index contributed by atoms with van der Waals surface area (Å²) in [6.07, 6.45) is 1.11. The summed E-state index contributed by atoms with van der Waals surface area (Å²) in [5.74, 6) is 0. The fraction of sp³-hybridized carbons (Fsp3) is 0. The van der Waals surface area contributed by atoms with E-state index in [0.717, 1.165) is 10.8 Å². The Labute approximate surface area is 82.4 Å². The van der Waals surface area contributed by atoms with Gasteiger partial charge < -0.3 is 4.98 Å². The maximum absolute atomic E-state index is 11.5. The first-order chi connectivity index (χ1) is 7.27. The highest BCUT2D eigenvalue weighted by Gasteiger charge is 2.05. The van der Waals surface area contributed by atoms with Crippen molar-refractivity contribution in [2.24, 2.45) is 0 Å². The predicted octanol–water partition coefficient (Wildman–Crippen LogP) is -0.365. The van der Waals surface area contributed by atoms with Crippen LogP contribution in [0.1, 0.15) is 0 Å². The van der Waals surface area contributed by atoms with E-state index < -0.39 is 5.69 Å². The van der Waals surface area contributed by atoms with Gasteiger partial charge in [-0.2, -0.15) is 4.52 Å². The standard InChI is InChI=1S/C9H6N4O2/c14-8-5-10-13-9(15)11-6-3-1-2-4-7(6)12(8)13/h1-5H,(H,11,15). The molecule has 0 aliphatic heterocycles. The maximum atomic E-state index is 11.5. The molecule has 0 saturated heterocycles. The number of H-pyrrole nitrogens is 1. The van der Waals surface area contributed by atoms with Crippen molar-refractivity contribution in [3.8, 4) is 0 Å². The van der Waals surface area contributed by atoms with Gasteiger partial charge in [0.2, 0.25) is 0 Å². The lowest BCUT2D eigenvalue weighted by molar-refractivity contribution is 0.681. The van der Waals surface area contributed by atoms with Crippen LogP contribution < -0.4 is 11.2 Å². The Hall–Kier alpha value is -2.37. The van der Waals surface area contributed by atoms with Crippen molar-refractivity contribution in [3.63, 3.8) is 0 Å². The molecule has 2 heterocycles. The van der Waals surface area contributed by atoms with Crippen molar-refractivity contribution in [1.29, 1.82) is 0 Å². The number of para-hydroxylation sites is 2. The van der Waals surface area contributed by atoms with Crippen LogP contribution in [0.25, 0.3) is 11.0 Å². The van der Waals surface area contributed by atoms with Crippen LogP contribution in [0.15, 0.2) is 40.1 Å². The third-order valence-corrected chi connectivity index (χ3v) is 2.23. The second-order valence-corrected chi connectivity index (χ2v) is 3.13. The fourth-order valence-corrected chi connectivity index (χ4v) is 1.60. The third kappa shape index (κ3) is 0.954. The lowest BCUT2D eigenvalue weighted by atomic mass is 10.3. The van der Waals surface area contributed by atoms with Crippen LogP contribution in [-0.2, 0) is 0 Å². The highest BCUT2D eigenvalue weighted by Crippen LogP contribution is 2.05. The van der Waals surface area contributed by atoms with Gasteiger partial charge in [-0.15, -0.1) is 9.73 Å².